The van der Waals surface area contributed by atoms with Crippen LogP contribution in [0.1, 0.15) is 24.1 Å². The topological polar surface area (TPSA) is 12.0 Å². The van der Waals surface area contributed by atoms with Gasteiger partial charge in [-0.15, -0.1) is 0 Å². The zero-order valence-corrected chi connectivity index (χ0v) is 12.7. The molecule has 4 heteroatoms. The molecule has 2 aromatic rings. The van der Waals surface area contributed by atoms with Gasteiger partial charge in [-0.05, 0) is 36.2 Å². The maximum absolute atomic E-state index is 6.12. The van der Waals surface area contributed by atoms with Crippen molar-refractivity contribution in [3.05, 3.63) is 68.7 Å². The summed E-state index contributed by atoms with van der Waals surface area (Å²) in [5, 5.41) is 5.34. The smallest absolute Gasteiger partial charge is 0.0595 e. The lowest BCUT2D eigenvalue weighted by Gasteiger charge is -2.15. The lowest BCUT2D eigenvalue weighted by atomic mass is 10.1. The quantitative estimate of drug-likeness (QED) is 0.786. The van der Waals surface area contributed by atoms with Crippen molar-refractivity contribution >= 4 is 34.8 Å². The van der Waals surface area contributed by atoms with Crippen molar-refractivity contribution in [1.29, 1.82) is 0 Å². The maximum Gasteiger partial charge on any atom is 0.0595 e. The maximum atomic E-state index is 6.12. The fourth-order valence-electron chi connectivity index (χ4n) is 1.80. The Bertz CT molecular complexity index is 569. The lowest BCUT2D eigenvalue weighted by Crippen LogP contribution is -2.18. The van der Waals surface area contributed by atoms with Gasteiger partial charge in [-0.2, -0.15) is 0 Å². The van der Waals surface area contributed by atoms with Crippen LogP contribution in [0.2, 0.25) is 15.1 Å². The molecule has 2 aromatic carbocycles. The van der Waals surface area contributed by atoms with E-state index in [0.717, 1.165) is 16.1 Å². The first-order chi connectivity index (χ1) is 9.08. The molecule has 0 fully saturated rings. The predicted molar refractivity (Wildman–Crippen MR) is 83.2 cm³/mol. The van der Waals surface area contributed by atoms with Gasteiger partial charge < -0.3 is 5.32 Å². The monoisotopic (exact) mass is 313 g/mol. The van der Waals surface area contributed by atoms with Crippen LogP contribution >= 0.6 is 34.8 Å². The van der Waals surface area contributed by atoms with Gasteiger partial charge in [0.1, 0.15) is 0 Å². The first-order valence-corrected chi connectivity index (χ1v) is 7.13. The molecule has 100 valence electrons. The number of rotatable bonds is 4. The lowest BCUT2D eigenvalue weighted by molar-refractivity contribution is 0.575. The second-order valence-corrected chi connectivity index (χ2v) is 5.59. The minimum atomic E-state index is 0.172. The van der Waals surface area contributed by atoms with E-state index in [1.165, 1.54) is 0 Å². The first kappa shape index (κ1) is 14.7. The van der Waals surface area contributed by atoms with Crippen LogP contribution in [0.25, 0.3) is 0 Å². The molecule has 19 heavy (non-hydrogen) atoms. The van der Waals surface area contributed by atoms with E-state index in [1.54, 1.807) is 0 Å². The second-order valence-electron chi connectivity index (χ2n) is 4.37. The summed E-state index contributed by atoms with van der Waals surface area (Å²) in [7, 11) is 0. The summed E-state index contributed by atoms with van der Waals surface area (Å²) in [6.07, 6.45) is 0. The van der Waals surface area contributed by atoms with Crippen LogP contribution in [-0.4, -0.2) is 0 Å². The third-order valence-corrected chi connectivity index (χ3v) is 4.11. The molecule has 0 spiro atoms. The van der Waals surface area contributed by atoms with Gasteiger partial charge in [-0.1, -0.05) is 59.1 Å². The molecule has 1 N–H and O–H groups in total. The van der Waals surface area contributed by atoms with Gasteiger partial charge in [0.25, 0.3) is 0 Å². The van der Waals surface area contributed by atoms with Crippen molar-refractivity contribution in [2.75, 3.05) is 0 Å². The molecular formula is C15H14Cl3N. The normalized spacial score (nSPS) is 12.4. The molecule has 1 unspecified atom stereocenters. The zero-order chi connectivity index (χ0) is 13.8. The summed E-state index contributed by atoms with van der Waals surface area (Å²) in [6, 6.07) is 13.6. The first-order valence-electron chi connectivity index (χ1n) is 5.99. The van der Waals surface area contributed by atoms with E-state index in [2.05, 4.69) is 12.2 Å². The minimum Gasteiger partial charge on any atom is -0.306 e. The van der Waals surface area contributed by atoms with Crippen molar-refractivity contribution in [2.24, 2.45) is 0 Å². The fraction of sp³-hybridized carbons (Fsp3) is 0.200. The molecule has 0 aromatic heterocycles. The summed E-state index contributed by atoms with van der Waals surface area (Å²) in [5.74, 6) is 0. The summed E-state index contributed by atoms with van der Waals surface area (Å²) >= 11 is 18.0. The van der Waals surface area contributed by atoms with Crippen LogP contribution in [0.15, 0.2) is 42.5 Å². The van der Waals surface area contributed by atoms with Gasteiger partial charge in [0.2, 0.25) is 0 Å². The van der Waals surface area contributed by atoms with Crippen LogP contribution in [0.3, 0.4) is 0 Å². The fourth-order valence-corrected chi connectivity index (χ4v) is 2.31. The van der Waals surface area contributed by atoms with E-state index >= 15 is 0 Å². The van der Waals surface area contributed by atoms with E-state index in [1.807, 2.05) is 42.5 Å². The molecule has 0 radical (unpaired) electrons. The van der Waals surface area contributed by atoms with Crippen molar-refractivity contribution in [3.63, 3.8) is 0 Å². The van der Waals surface area contributed by atoms with Crippen molar-refractivity contribution < 1.29 is 0 Å². The third kappa shape index (κ3) is 3.87. The van der Waals surface area contributed by atoms with Crippen LogP contribution in [0.4, 0.5) is 0 Å². The molecule has 2 rings (SSSR count). The molecule has 0 aliphatic carbocycles. The summed E-state index contributed by atoms with van der Waals surface area (Å²) in [5.41, 5.74) is 2.18. The molecule has 0 bridgehead atoms. The highest BCUT2D eigenvalue weighted by atomic mass is 35.5. The highest BCUT2D eigenvalue weighted by Gasteiger charge is 2.08. The Morgan fingerprint density at radius 1 is 0.947 bits per heavy atom. The molecule has 1 atom stereocenters. The summed E-state index contributed by atoms with van der Waals surface area (Å²) in [4.78, 5) is 0. The van der Waals surface area contributed by atoms with E-state index in [9.17, 15) is 0 Å². The Morgan fingerprint density at radius 3 is 2.37 bits per heavy atom. The van der Waals surface area contributed by atoms with Gasteiger partial charge in [0.05, 0.1) is 10.0 Å². The van der Waals surface area contributed by atoms with Crippen molar-refractivity contribution in [1.82, 2.24) is 5.32 Å². The molecular weight excluding hydrogens is 301 g/mol. The Balaban J connectivity index is 2.03. The van der Waals surface area contributed by atoms with E-state index < -0.39 is 0 Å². The molecule has 0 heterocycles. The molecule has 0 saturated heterocycles. The number of nitrogens with one attached hydrogen (secondary N) is 1. The molecule has 0 amide bonds. The predicted octanol–water partition coefficient (Wildman–Crippen LogP) is 5.50. The van der Waals surface area contributed by atoms with Crippen molar-refractivity contribution in [2.45, 2.75) is 19.5 Å². The Morgan fingerprint density at radius 2 is 1.68 bits per heavy atom. The van der Waals surface area contributed by atoms with Crippen LogP contribution < -0.4 is 5.32 Å². The largest absolute Gasteiger partial charge is 0.306 e. The van der Waals surface area contributed by atoms with Gasteiger partial charge in [-0.25, -0.2) is 0 Å². The number of halogens is 3. The highest BCUT2D eigenvalue weighted by Crippen LogP contribution is 2.26. The van der Waals surface area contributed by atoms with Crippen LogP contribution in [0.5, 0.6) is 0 Å². The average molecular weight is 315 g/mol. The average Bonchev–Trinajstić information content (AvgIpc) is 2.40. The molecule has 0 aliphatic heterocycles. The summed E-state index contributed by atoms with van der Waals surface area (Å²) in [6.45, 7) is 2.79. The Hall–Kier alpha value is -0.730. The van der Waals surface area contributed by atoms with Gasteiger partial charge in [0.15, 0.2) is 0 Å². The standard InChI is InChI=1S/C15H14Cl3N/c1-10(11-6-7-14(17)15(18)8-11)19-9-12-4-2-3-5-13(12)16/h2-8,10,19H,9H2,1H3. The van der Waals surface area contributed by atoms with E-state index in [4.69, 9.17) is 34.8 Å². The highest BCUT2D eigenvalue weighted by molar-refractivity contribution is 6.42. The van der Waals surface area contributed by atoms with Gasteiger partial charge in [-0.3, -0.25) is 0 Å². The van der Waals surface area contributed by atoms with Crippen molar-refractivity contribution in [3.8, 4) is 0 Å². The Kier molecular flexibility index (Phi) is 5.12. The molecule has 0 saturated carbocycles. The van der Waals surface area contributed by atoms with Gasteiger partial charge >= 0.3 is 0 Å². The van der Waals surface area contributed by atoms with Crippen LogP contribution in [0, 0.1) is 0 Å². The van der Waals surface area contributed by atoms with Gasteiger partial charge in [0, 0.05) is 17.6 Å². The number of hydrogen-bond acceptors (Lipinski definition) is 1. The zero-order valence-electron chi connectivity index (χ0n) is 10.5. The minimum absolute atomic E-state index is 0.172. The third-order valence-electron chi connectivity index (χ3n) is 3.00. The Labute approximate surface area is 128 Å². The van der Waals surface area contributed by atoms with E-state index in [-0.39, 0.29) is 6.04 Å². The van der Waals surface area contributed by atoms with E-state index in [0.29, 0.717) is 16.6 Å². The summed E-state index contributed by atoms with van der Waals surface area (Å²) < 4.78 is 0. The molecule has 1 nitrogen and oxygen atoms in total. The second kappa shape index (κ2) is 6.62. The van der Waals surface area contributed by atoms with Crippen LogP contribution in [-0.2, 0) is 6.54 Å². The molecule has 0 aliphatic rings. The number of benzene rings is 2. The number of hydrogen-bond donors (Lipinski definition) is 1. The SMILES string of the molecule is CC(NCc1ccccc1Cl)c1ccc(Cl)c(Cl)c1.